The third kappa shape index (κ3) is 3.81. The van der Waals surface area contributed by atoms with E-state index in [1.54, 1.807) is 4.57 Å². The van der Waals surface area contributed by atoms with Crippen LogP contribution in [0, 0.1) is 0 Å². The van der Waals surface area contributed by atoms with E-state index >= 15 is 0 Å². The van der Waals surface area contributed by atoms with Gasteiger partial charge in [-0.3, -0.25) is 9.59 Å². The maximum atomic E-state index is 12.9. The van der Waals surface area contributed by atoms with Gasteiger partial charge in [0.25, 0.3) is 5.56 Å². The molecule has 4 rings (SSSR count). The molecule has 2 aromatic heterocycles. The number of nitrogens with one attached hydrogen (secondary N) is 1. The number of fused-ring (bicyclic) bond motifs is 3. The Morgan fingerprint density at radius 3 is 2.74 bits per heavy atom. The fraction of sp³-hybridized carbons (Fsp3) is 0.429. The summed E-state index contributed by atoms with van der Waals surface area (Å²) in [4.78, 5) is 25.2. The lowest BCUT2D eigenvalue weighted by atomic mass is 9.95. The first kappa shape index (κ1) is 18.3. The third-order valence-electron chi connectivity index (χ3n) is 5.46. The lowest BCUT2D eigenvalue weighted by Gasteiger charge is -2.22. The van der Waals surface area contributed by atoms with Crippen molar-refractivity contribution in [2.45, 2.75) is 57.5 Å². The molecule has 1 fully saturated rings. The van der Waals surface area contributed by atoms with Gasteiger partial charge in [0.1, 0.15) is 5.52 Å². The first-order chi connectivity index (χ1) is 13.1. The molecule has 1 aromatic carbocycles. The first-order valence-corrected chi connectivity index (χ1v) is 10.5. The summed E-state index contributed by atoms with van der Waals surface area (Å²) in [5.41, 5.74) is 2.52. The molecule has 0 atom stereocenters. The minimum atomic E-state index is -0.0155. The van der Waals surface area contributed by atoms with Crippen molar-refractivity contribution in [1.29, 1.82) is 0 Å². The number of hydrogen-bond acceptors (Lipinski definition) is 2. The molecule has 6 heteroatoms. The van der Waals surface area contributed by atoms with Crippen LogP contribution in [0.1, 0.15) is 44.9 Å². The summed E-state index contributed by atoms with van der Waals surface area (Å²) >= 11 is 3.50. The Kier molecular flexibility index (Phi) is 5.34. The molecule has 27 heavy (non-hydrogen) atoms. The standard InChI is InChI=1S/C21H24BrN3O2/c22-15-10-11-17-19(14-15)25(21(27)18-8-4-12-24(17)18)13-5-9-20(26)23-16-6-2-1-3-7-16/h4,8,10-12,14,16H,1-3,5-7,9,13H2,(H,23,26). The molecular formula is C21H24BrN3O2. The minimum Gasteiger partial charge on any atom is -0.353 e. The lowest BCUT2D eigenvalue weighted by molar-refractivity contribution is -0.122. The van der Waals surface area contributed by atoms with Crippen molar-refractivity contribution >= 4 is 38.4 Å². The number of benzene rings is 1. The van der Waals surface area contributed by atoms with E-state index in [1.165, 1.54) is 19.3 Å². The molecule has 5 nitrogen and oxygen atoms in total. The summed E-state index contributed by atoms with van der Waals surface area (Å²) < 4.78 is 4.66. The number of carbonyl (C=O) groups is 1. The smallest absolute Gasteiger partial charge is 0.275 e. The van der Waals surface area contributed by atoms with Crippen LogP contribution in [-0.2, 0) is 11.3 Å². The Morgan fingerprint density at radius 1 is 1.11 bits per heavy atom. The van der Waals surface area contributed by atoms with Crippen LogP contribution in [0.25, 0.3) is 16.6 Å². The number of aryl methyl sites for hydroxylation is 1. The Morgan fingerprint density at radius 2 is 1.93 bits per heavy atom. The first-order valence-electron chi connectivity index (χ1n) is 9.72. The molecule has 0 saturated heterocycles. The highest BCUT2D eigenvalue weighted by molar-refractivity contribution is 9.10. The fourth-order valence-corrected chi connectivity index (χ4v) is 4.44. The van der Waals surface area contributed by atoms with E-state index in [0.29, 0.717) is 30.9 Å². The molecule has 0 aliphatic heterocycles. The lowest BCUT2D eigenvalue weighted by Crippen LogP contribution is -2.36. The third-order valence-corrected chi connectivity index (χ3v) is 5.95. The van der Waals surface area contributed by atoms with Gasteiger partial charge in [-0.15, -0.1) is 0 Å². The monoisotopic (exact) mass is 429 g/mol. The van der Waals surface area contributed by atoms with Crippen LogP contribution in [0.3, 0.4) is 0 Å². The van der Waals surface area contributed by atoms with Gasteiger partial charge in [0, 0.05) is 29.7 Å². The highest BCUT2D eigenvalue weighted by atomic mass is 79.9. The molecule has 2 heterocycles. The molecule has 1 N–H and O–H groups in total. The van der Waals surface area contributed by atoms with Crippen molar-refractivity contribution < 1.29 is 4.79 Å². The van der Waals surface area contributed by atoms with Crippen molar-refractivity contribution in [3.8, 4) is 0 Å². The SMILES string of the molecule is O=C(CCCn1c(=O)c2cccn2c2ccc(Br)cc21)NC1CCCCC1. The van der Waals surface area contributed by atoms with Gasteiger partial charge in [-0.25, -0.2) is 0 Å². The topological polar surface area (TPSA) is 55.5 Å². The largest absolute Gasteiger partial charge is 0.353 e. The summed E-state index contributed by atoms with van der Waals surface area (Å²) in [5.74, 6) is 0.101. The molecule has 0 radical (unpaired) electrons. The quantitative estimate of drug-likeness (QED) is 0.658. The minimum absolute atomic E-state index is 0.0155. The number of rotatable bonds is 5. The van der Waals surface area contributed by atoms with Gasteiger partial charge in [0.2, 0.25) is 5.91 Å². The normalized spacial score (nSPS) is 15.4. The maximum absolute atomic E-state index is 12.9. The number of aromatic nitrogens is 2. The molecule has 1 amide bonds. The van der Waals surface area contributed by atoms with Crippen LogP contribution in [0.5, 0.6) is 0 Å². The van der Waals surface area contributed by atoms with Crippen molar-refractivity contribution in [3.05, 3.63) is 51.4 Å². The number of halogens is 1. The Balaban J connectivity index is 1.52. The molecule has 142 valence electrons. The van der Waals surface area contributed by atoms with Gasteiger partial charge >= 0.3 is 0 Å². The van der Waals surface area contributed by atoms with Crippen LogP contribution < -0.4 is 10.9 Å². The number of nitrogens with zero attached hydrogens (tertiary/aromatic N) is 2. The highest BCUT2D eigenvalue weighted by Gasteiger charge is 2.16. The Hall–Kier alpha value is -2.08. The van der Waals surface area contributed by atoms with Gasteiger partial charge in [0.15, 0.2) is 0 Å². The van der Waals surface area contributed by atoms with Crippen LogP contribution in [0.2, 0.25) is 0 Å². The molecule has 3 aromatic rings. The Bertz CT molecular complexity index is 1030. The summed E-state index contributed by atoms with van der Waals surface area (Å²) in [7, 11) is 0. The van der Waals surface area contributed by atoms with Crippen LogP contribution in [0.4, 0.5) is 0 Å². The highest BCUT2D eigenvalue weighted by Crippen LogP contribution is 2.21. The predicted molar refractivity (Wildman–Crippen MR) is 111 cm³/mol. The number of amides is 1. The second-order valence-electron chi connectivity index (χ2n) is 7.36. The van der Waals surface area contributed by atoms with Crippen LogP contribution >= 0.6 is 15.9 Å². The van der Waals surface area contributed by atoms with Gasteiger partial charge in [-0.1, -0.05) is 35.2 Å². The summed E-state index contributed by atoms with van der Waals surface area (Å²) in [5, 5.41) is 3.15. The predicted octanol–water partition coefficient (Wildman–Crippen LogP) is 4.25. The van der Waals surface area contributed by atoms with Crippen molar-refractivity contribution in [2.75, 3.05) is 0 Å². The van der Waals surface area contributed by atoms with Gasteiger partial charge in [0.05, 0.1) is 11.0 Å². The molecular weight excluding hydrogens is 406 g/mol. The van der Waals surface area contributed by atoms with E-state index in [4.69, 9.17) is 0 Å². The molecule has 1 aliphatic rings. The Labute approximate surface area is 166 Å². The summed E-state index contributed by atoms with van der Waals surface area (Å²) in [6.45, 7) is 0.533. The van der Waals surface area contributed by atoms with E-state index in [-0.39, 0.29) is 11.5 Å². The molecule has 0 spiro atoms. The fourth-order valence-electron chi connectivity index (χ4n) is 4.10. The van der Waals surface area contributed by atoms with E-state index in [1.807, 2.05) is 40.9 Å². The molecule has 1 saturated carbocycles. The van der Waals surface area contributed by atoms with Crippen molar-refractivity contribution in [3.63, 3.8) is 0 Å². The average Bonchev–Trinajstić information content (AvgIpc) is 3.15. The summed E-state index contributed by atoms with van der Waals surface area (Å²) in [6.07, 6.45) is 8.89. The van der Waals surface area contributed by atoms with Crippen molar-refractivity contribution in [1.82, 2.24) is 14.3 Å². The zero-order valence-electron chi connectivity index (χ0n) is 15.3. The second kappa shape index (κ2) is 7.89. The van der Waals surface area contributed by atoms with Gasteiger partial charge < -0.3 is 14.3 Å². The van der Waals surface area contributed by atoms with Gasteiger partial charge in [-0.05, 0) is 49.6 Å². The van der Waals surface area contributed by atoms with Crippen LogP contribution in [-0.4, -0.2) is 20.9 Å². The zero-order valence-corrected chi connectivity index (χ0v) is 16.9. The second-order valence-corrected chi connectivity index (χ2v) is 8.27. The van der Waals surface area contributed by atoms with Crippen LogP contribution in [0.15, 0.2) is 45.8 Å². The number of carbonyl (C=O) groups excluding carboxylic acids is 1. The average molecular weight is 430 g/mol. The van der Waals surface area contributed by atoms with E-state index in [0.717, 1.165) is 28.3 Å². The molecule has 1 aliphatic carbocycles. The van der Waals surface area contributed by atoms with E-state index in [2.05, 4.69) is 21.2 Å². The van der Waals surface area contributed by atoms with Gasteiger partial charge in [-0.2, -0.15) is 0 Å². The summed E-state index contributed by atoms with van der Waals surface area (Å²) in [6, 6.07) is 10.0. The maximum Gasteiger partial charge on any atom is 0.275 e. The van der Waals surface area contributed by atoms with Crippen molar-refractivity contribution in [2.24, 2.45) is 0 Å². The van der Waals surface area contributed by atoms with E-state index in [9.17, 15) is 9.59 Å². The molecule has 0 unspecified atom stereocenters. The molecule has 0 bridgehead atoms. The van der Waals surface area contributed by atoms with E-state index < -0.39 is 0 Å². The number of hydrogen-bond donors (Lipinski definition) is 1. The zero-order chi connectivity index (χ0) is 18.8.